The lowest BCUT2D eigenvalue weighted by Crippen LogP contribution is -2.34. The van der Waals surface area contributed by atoms with Gasteiger partial charge in [-0.2, -0.15) is 0 Å². The van der Waals surface area contributed by atoms with E-state index in [0.29, 0.717) is 19.6 Å². The van der Waals surface area contributed by atoms with Crippen LogP contribution in [0.1, 0.15) is 18.1 Å². The minimum absolute atomic E-state index is 0.149. The summed E-state index contributed by atoms with van der Waals surface area (Å²) in [5.74, 6) is 0. The zero-order valence-electron chi connectivity index (χ0n) is 8.92. The maximum atomic E-state index is 11.2. The summed E-state index contributed by atoms with van der Waals surface area (Å²) in [6, 6.07) is 7.67. The molecule has 0 aliphatic rings. The van der Waals surface area contributed by atoms with Crippen molar-refractivity contribution in [1.82, 2.24) is 10.6 Å². The van der Waals surface area contributed by atoms with Crippen molar-refractivity contribution in [2.24, 2.45) is 5.73 Å². The number of carbonyl (C=O) groups excluding carboxylic acids is 1. The van der Waals surface area contributed by atoms with Crippen molar-refractivity contribution in [3.8, 4) is 0 Å². The predicted molar refractivity (Wildman–Crippen MR) is 60.2 cm³/mol. The number of carbonyl (C=O) groups is 1. The van der Waals surface area contributed by atoms with Crippen molar-refractivity contribution in [1.29, 1.82) is 0 Å². The summed E-state index contributed by atoms with van der Waals surface area (Å²) < 4.78 is 0. The number of nitrogens with two attached hydrogens (primary N) is 1. The maximum absolute atomic E-state index is 11.2. The summed E-state index contributed by atoms with van der Waals surface area (Å²) in [7, 11) is 0. The summed E-state index contributed by atoms with van der Waals surface area (Å²) in [4.78, 5) is 11.2. The summed E-state index contributed by atoms with van der Waals surface area (Å²) in [5.41, 5.74) is 7.71. The summed E-state index contributed by atoms with van der Waals surface area (Å²) >= 11 is 0. The molecule has 1 aromatic carbocycles. The Balaban J connectivity index is 2.53. The molecule has 4 nitrogen and oxygen atoms in total. The van der Waals surface area contributed by atoms with Gasteiger partial charge >= 0.3 is 6.03 Å². The Kier molecular flexibility index (Phi) is 4.63. The molecule has 1 rings (SSSR count). The number of hydrogen-bond acceptors (Lipinski definition) is 2. The predicted octanol–water partition coefficient (Wildman–Crippen LogP) is 0.964. The molecule has 0 aliphatic carbocycles. The van der Waals surface area contributed by atoms with E-state index in [-0.39, 0.29) is 6.03 Å². The third kappa shape index (κ3) is 3.59. The molecule has 0 radical (unpaired) electrons. The van der Waals surface area contributed by atoms with Gasteiger partial charge in [-0.3, -0.25) is 0 Å². The first-order valence-corrected chi connectivity index (χ1v) is 5.06. The van der Waals surface area contributed by atoms with Crippen molar-refractivity contribution in [3.63, 3.8) is 0 Å². The molecule has 2 amide bonds. The Bertz CT molecular complexity index is 325. The SMILES string of the molecule is CCNC(=O)NCc1ccccc1CN. The van der Waals surface area contributed by atoms with Gasteiger partial charge in [-0.25, -0.2) is 4.79 Å². The molecule has 0 spiro atoms. The van der Waals surface area contributed by atoms with E-state index in [2.05, 4.69) is 10.6 Å². The van der Waals surface area contributed by atoms with Crippen LogP contribution in [0.25, 0.3) is 0 Å². The molecule has 0 aromatic heterocycles. The van der Waals surface area contributed by atoms with Gasteiger partial charge in [0, 0.05) is 19.6 Å². The van der Waals surface area contributed by atoms with Gasteiger partial charge in [-0.1, -0.05) is 24.3 Å². The molecular formula is C11H17N3O. The first-order valence-electron chi connectivity index (χ1n) is 5.06. The summed E-state index contributed by atoms with van der Waals surface area (Å²) in [6.07, 6.45) is 0. The molecule has 1 aromatic rings. The molecule has 0 unspecified atom stereocenters. The number of amides is 2. The first kappa shape index (κ1) is 11.5. The van der Waals surface area contributed by atoms with Crippen LogP contribution >= 0.6 is 0 Å². The average molecular weight is 207 g/mol. The fraction of sp³-hybridized carbons (Fsp3) is 0.364. The van der Waals surface area contributed by atoms with Crippen LogP contribution in [-0.2, 0) is 13.1 Å². The van der Waals surface area contributed by atoms with Crippen LogP contribution in [0.3, 0.4) is 0 Å². The van der Waals surface area contributed by atoms with Crippen molar-refractivity contribution < 1.29 is 4.79 Å². The molecule has 15 heavy (non-hydrogen) atoms. The number of hydrogen-bond donors (Lipinski definition) is 3. The molecule has 0 atom stereocenters. The van der Waals surface area contributed by atoms with Gasteiger partial charge in [0.05, 0.1) is 0 Å². The van der Waals surface area contributed by atoms with Crippen LogP contribution < -0.4 is 16.4 Å². The molecule has 82 valence electrons. The van der Waals surface area contributed by atoms with E-state index >= 15 is 0 Å². The highest BCUT2D eigenvalue weighted by Crippen LogP contribution is 2.06. The highest BCUT2D eigenvalue weighted by molar-refractivity contribution is 5.73. The highest BCUT2D eigenvalue weighted by Gasteiger charge is 2.01. The monoisotopic (exact) mass is 207 g/mol. The molecule has 4 N–H and O–H groups in total. The van der Waals surface area contributed by atoms with Crippen molar-refractivity contribution in [2.45, 2.75) is 20.0 Å². The zero-order valence-corrected chi connectivity index (χ0v) is 8.92. The van der Waals surface area contributed by atoms with Gasteiger partial charge in [0.2, 0.25) is 0 Å². The summed E-state index contributed by atoms with van der Waals surface area (Å²) in [6.45, 7) is 3.52. The van der Waals surface area contributed by atoms with Crippen molar-refractivity contribution in [2.75, 3.05) is 6.54 Å². The minimum atomic E-state index is -0.149. The van der Waals surface area contributed by atoms with E-state index in [0.717, 1.165) is 11.1 Å². The second-order valence-corrected chi connectivity index (χ2v) is 3.19. The lowest BCUT2D eigenvalue weighted by Gasteiger charge is -2.09. The topological polar surface area (TPSA) is 67.2 Å². The quantitative estimate of drug-likeness (QED) is 0.688. The van der Waals surface area contributed by atoms with Crippen molar-refractivity contribution >= 4 is 6.03 Å². The largest absolute Gasteiger partial charge is 0.338 e. The van der Waals surface area contributed by atoms with Crippen molar-refractivity contribution in [3.05, 3.63) is 35.4 Å². The van der Waals surface area contributed by atoms with Crippen LogP contribution in [-0.4, -0.2) is 12.6 Å². The van der Waals surface area contributed by atoms with Gasteiger partial charge in [0.25, 0.3) is 0 Å². The Morgan fingerprint density at radius 2 is 1.93 bits per heavy atom. The second kappa shape index (κ2) is 6.03. The smallest absolute Gasteiger partial charge is 0.315 e. The van der Waals surface area contributed by atoms with Gasteiger partial charge in [-0.15, -0.1) is 0 Å². The molecule has 4 heteroatoms. The van der Waals surface area contributed by atoms with Crippen LogP contribution in [0, 0.1) is 0 Å². The highest BCUT2D eigenvalue weighted by atomic mass is 16.2. The van der Waals surface area contributed by atoms with Crippen LogP contribution in [0.4, 0.5) is 4.79 Å². The average Bonchev–Trinajstić information content (AvgIpc) is 2.27. The fourth-order valence-corrected chi connectivity index (χ4v) is 1.33. The number of benzene rings is 1. The molecule has 0 aliphatic heterocycles. The van der Waals surface area contributed by atoms with E-state index in [1.54, 1.807) is 0 Å². The maximum Gasteiger partial charge on any atom is 0.315 e. The lowest BCUT2D eigenvalue weighted by molar-refractivity contribution is 0.241. The molecular weight excluding hydrogens is 190 g/mol. The molecule has 0 saturated heterocycles. The number of nitrogens with one attached hydrogen (secondary N) is 2. The van der Waals surface area contributed by atoms with Crippen LogP contribution in [0.5, 0.6) is 0 Å². The Morgan fingerprint density at radius 1 is 1.27 bits per heavy atom. The molecule has 0 heterocycles. The Hall–Kier alpha value is -1.55. The Morgan fingerprint density at radius 3 is 2.53 bits per heavy atom. The third-order valence-electron chi connectivity index (χ3n) is 2.12. The normalized spacial score (nSPS) is 9.73. The number of urea groups is 1. The molecule has 0 saturated carbocycles. The van der Waals surface area contributed by atoms with E-state index in [1.165, 1.54) is 0 Å². The third-order valence-corrected chi connectivity index (χ3v) is 2.12. The molecule has 0 fully saturated rings. The van der Waals surface area contributed by atoms with Crippen LogP contribution in [0.15, 0.2) is 24.3 Å². The van der Waals surface area contributed by atoms with E-state index in [4.69, 9.17) is 5.73 Å². The van der Waals surface area contributed by atoms with Gasteiger partial charge in [0.15, 0.2) is 0 Å². The van der Waals surface area contributed by atoms with E-state index in [9.17, 15) is 4.79 Å². The lowest BCUT2D eigenvalue weighted by atomic mass is 10.1. The second-order valence-electron chi connectivity index (χ2n) is 3.19. The first-order chi connectivity index (χ1) is 7.27. The van der Waals surface area contributed by atoms with Gasteiger partial charge < -0.3 is 16.4 Å². The molecule has 0 bridgehead atoms. The zero-order chi connectivity index (χ0) is 11.1. The van der Waals surface area contributed by atoms with Gasteiger partial charge in [0.1, 0.15) is 0 Å². The van der Waals surface area contributed by atoms with Crippen LogP contribution in [0.2, 0.25) is 0 Å². The fourth-order valence-electron chi connectivity index (χ4n) is 1.33. The van der Waals surface area contributed by atoms with Gasteiger partial charge in [-0.05, 0) is 18.1 Å². The number of rotatable bonds is 4. The minimum Gasteiger partial charge on any atom is -0.338 e. The Labute approximate surface area is 89.9 Å². The van der Waals surface area contributed by atoms with E-state index in [1.807, 2.05) is 31.2 Å². The standard InChI is InChI=1S/C11H17N3O/c1-2-13-11(15)14-8-10-6-4-3-5-9(10)7-12/h3-6H,2,7-8,12H2,1H3,(H2,13,14,15). The summed E-state index contributed by atoms with van der Waals surface area (Å²) in [5, 5.41) is 5.44. The van der Waals surface area contributed by atoms with E-state index < -0.39 is 0 Å².